The maximum absolute atomic E-state index is 11.9. The van der Waals surface area contributed by atoms with Crippen LogP contribution in [-0.2, 0) is 10.0 Å². The molecule has 0 bridgehead atoms. The SMILES string of the molecule is Cc1cccc(S(=O)(=O)NCCCCCCl)c1. The van der Waals surface area contributed by atoms with Crippen molar-refractivity contribution in [1.29, 1.82) is 0 Å². The van der Waals surface area contributed by atoms with Gasteiger partial charge in [-0.2, -0.15) is 0 Å². The fourth-order valence-corrected chi connectivity index (χ4v) is 2.84. The Balaban J connectivity index is 2.51. The topological polar surface area (TPSA) is 46.2 Å². The van der Waals surface area contributed by atoms with Crippen LogP contribution in [0.25, 0.3) is 0 Å². The fraction of sp³-hybridized carbons (Fsp3) is 0.500. The number of hydrogen-bond donors (Lipinski definition) is 1. The highest BCUT2D eigenvalue weighted by atomic mass is 35.5. The van der Waals surface area contributed by atoms with E-state index in [1.165, 1.54) is 0 Å². The first-order chi connectivity index (χ1) is 8.06. The minimum absolute atomic E-state index is 0.329. The second-order valence-corrected chi connectivity index (χ2v) is 6.11. The summed E-state index contributed by atoms with van der Waals surface area (Å²) in [7, 11) is -3.35. The lowest BCUT2D eigenvalue weighted by Crippen LogP contribution is -2.24. The molecule has 0 aliphatic carbocycles. The molecule has 5 heteroatoms. The summed E-state index contributed by atoms with van der Waals surface area (Å²) in [6.45, 7) is 2.34. The predicted octanol–water partition coefficient (Wildman–Crippen LogP) is 2.68. The third kappa shape index (κ3) is 5.06. The van der Waals surface area contributed by atoms with E-state index >= 15 is 0 Å². The molecule has 17 heavy (non-hydrogen) atoms. The van der Waals surface area contributed by atoms with E-state index < -0.39 is 10.0 Å². The lowest BCUT2D eigenvalue weighted by Gasteiger charge is -2.07. The van der Waals surface area contributed by atoms with Crippen LogP contribution in [0.2, 0.25) is 0 Å². The van der Waals surface area contributed by atoms with Gasteiger partial charge in [-0.3, -0.25) is 0 Å². The molecular formula is C12H18ClNO2S. The fourth-order valence-electron chi connectivity index (χ4n) is 1.47. The number of halogens is 1. The Morgan fingerprint density at radius 1 is 1.24 bits per heavy atom. The highest BCUT2D eigenvalue weighted by Gasteiger charge is 2.12. The molecule has 1 N–H and O–H groups in total. The molecule has 0 aliphatic rings. The van der Waals surface area contributed by atoms with Crippen molar-refractivity contribution >= 4 is 21.6 Å². The Morgan fingerprint density at radius 3 is 2.65 bits per heavy atom. The van der Waals surface area contributed by atoms with E-state index in [9.17, 15) is 8.42 Å². The third-order valence-corrected chi connectivity index (χ3v) is 4.13. The minimum Gasteiger partial charge on any atom is -0.211 e. The zero-order chi connectivity index (χ0) is 12.7. The number of alkyl halides is 1. The lowest BCUT2D eigenvalue weighted by molar-refractivity contribution is 0.576. The summed E-state index contributed by atoms with van der Waals surface area (Å²) in [5, 5.41) is 0. The number of nitrogens with one attached hydrogen (secondary N) is 1. The molecule has 0 heterocycles. The van der Waals surface area contributed by atoms with Gasteiger partial charge in [0.05, 0.1) is 4.90 Å². The van der Waals surface area contributed by atoms with Crippen LogP contribution in [0.3, 0.4) is 0 Å². The van der Waals surface area contributed by atoms with Crippen LogP contribution in [0.5, 0.6) is 0 Å². The average Bonchev–Trinajstić information content (AvgIpc) is 2.29. The van der Waals surface area contributed by atoms with Crippen molar-refractivity contribution in [3.8, 4) is 0 Å². The van der Waals surface area contributed by atoms with Crippen LogP contribution >= 0.6 is 11.6 Å². The Kier molecular flexibility index (Phi) is 5.95. The van der Waals surface area contributed by atoms with Crippen LogP contribution in [0, 0.1) is 6.92 Å². The van der Waals surface area contributed by atoms with Crippen LogP contribution in [0.1, 0.15) is 24.8 Å². The van der Waals surface area contributed by atoms with Crippen LogP contribution in [0.4, 0.5) is 0 Å². The molecular weight excluding hydrogens is 258 g/mol. The van der Waals surface area contributed by atoms with Crippen molar-refractivity contribution < 1.29 is 8.42 Å². The standard InChI is InChI=1S/C12H18ClNO2S/c1-11-6-5-7-12(10-11)17(15,16)14-9-4-2-3-8-13/h5-7,10,14H,2-4,8-9H2,1H3. The molecule has 96 valence electrons. The van der Waals surface area contributed by atoms with E-state index in [1.54, 1.807) is 18.2 Å². The van der Waals surface area contributed by atoms with Gasteiger partial charge in [0, 0.05) is 12.4 Å². The molecule has 0 spiro atoms. The summed E-state index contributed by atoms with van der Waals surface area (Å²) in [5.41, 5.74) is 0.940. The van der Waals surface area contributed by atoms with Crippen LogP contribution in [0.15, 0.2) is 29.2 Å². The van der Waals surface area contributed by atoms with E-state index in [1.807, 2.05) is 13.0 Å². The summed E-state index contributed by atoms with van der Waals surface area (Å²) in [6.07, 6.45) is 2.69. The number of rotatable bonds is 7. The highest BCUT2D eigenvalue weighted by Crippen LogP contribution is 2.10. The van der Waals surface area contributed by atoms with Gasteiger partial charge >= 0.3 is 0 Å². The summed E-state index contributed by atoms with van der Waals surface area (Å²) in [4.78, 5) is 0.329. The smallest absolute Gasteiger partial charge is 0.211 e. The molecule has 0 radical (unpaired) electrons. The third-order valence-electron chi connectivity index (χ3n) is 2.40. The summed E-state index contributed by atoms with van der Waals surface area (Å²) >= 11 is 5.55. The van der Waals surface area contributed by atoms with E-state index in [0.717, 1.165) is 24.8 Å². The number of benzene rings is 1. The van der Waals surface area contributed by atoms with E-state index in [2.05, 4.69) is 4.72 Å². The van der Waals surface area contributed by atoms with E-state index in [-0.39, 0.29) is 0 Å². The molecule has 0 saturated carbocycles. The second-order valence-electron chi connectivity index (χ2n) is 3.96. The van der Waals surface area contributed by atoms with Gasteiger partial charge in [0.1, 0.15) is 0 Å². The molecule has 0 saturated heterocycles. The van der Waals surface area contributed by atoms with E-state index in [4.69, 9.17) is 11.6 Å². The van der Waals surface area contributed by atoms with Crippen molar-refractivity contribution in [3.05, 3.63) is 29.8 Å². The molecule has 0 amide bonds. The molecule has 0 unspecified atom stereocenters. The molecule has 0 atom stereocenters. The maximum atomic E-state index is 11.9. The van der Waals surface area contributed by atoms with Gasteiger partial charge in [-0.05, 0) is 37.5 Å². The second kappa shape index (κ2) is 6.99. The van der Waals surface area contributed by atoms with Gasteiger partial charge in [-0.25, -0.2) is 13.1 Å². The minimum atomic E-state index is -3.35. The zero-order valence-electron chi connectivity index (χ0n) is 9.95. The van der Waals surface area contributed by atoms with Crippen molar-refractivity contribution in [2.45, 2.75) is 31.1 Å². The van der Waals surface area contributed by atoms with Crippen molar-refractivity contribution in [2.75, 3.05) is 12.4 Å². The Morgan fingerprint density at radius 2 is 2.00 bits per heavy atom. The number of unbranched alkanes of at least 4 members (excludes halogenated alkanes) is 2. The van der Waals surface area contributed by atoms with Crippen molar-refractivity contribution in [3.63, 3.8) is 0 Å². The van der Waals surface area contributed by atoms with Crippen molar-refractivity contribution in [2.24, 2.45) is 0 Å². The summed E-state index contributed by atoms with van der Waals surface area (Å²) < 4.78 is 26.4. The monoisotopic (exact) mass is 275 g/mol. The molecule has 3 nitrogen and oxygen atoms in total. The molecule has 1 aromatic rings. The van der Waals surface area contributed by atoms with Gasteiger partial charge in [-0.1, -0.05) is 18.6 Å². The molecule has 0 fully saturated rings. The Hall–Kier alpha value is -0.580. The highest BCUT2D eigenvalue weighted by molar-refractivity contribution is 7.89. The van der Waals surface area contributed by atoms with Gasteiger partial charge in [0.15, 0.2) is 0 Å². The number of sulfonamides is 1. The largest absolute Gasteiger partial charge is 0.240 e. The normalized spacial score (nSPS) is 11.6. The van der Waals surface area contributed by atoms with Crippen LogP contribution < -0.4 is 4.72 Å². The molecule has 0 aliphatic heterocycles. The first-order valence-electron chi connectivity index (χ1n) is 5.68. The molecule has 0 aromatic heterocycles. The number of hydrogen-bond acceptors (Lipinski definition) is 2. The maximum Gasteiger partial charge on any atom is 0.240 e. The summed E-state index contributed by atoms with van der Waals surface area (Å²) in [5.74, 6) is 0.630. The van der Waals surface area contributed by atoms with Gasteiger partial charge in [0.25, 0.3) is 0 Å². The lowest BCUT2D eigenvalue weighted by atomic mass is 10.2. The van der Waals surface area contributed by atoms with Gasteiger partial charge < -0.3 is 0 Å². The van der Waals surface area contributed by atoms with Crippen molar-refractivity contribution in [1.82, 2.24) is 4.72 Å². The number of aryl methyl sites for hydroxylation is 1. The Bertz CT molecular complexity index is 446. The van der Waals surface area contributed by atoms with Gasteiger partial charge in [0.2, 0.25) is 10.0 Å². The first kappa shape index (κ1) is 14.5. The quantitative estimate of drug-likeness (QED) is 0.614. The first-order valence-corrected chi connectivity index (χ1v) is 7.70. The van der Waals surface area contributed by atoms with Gasteiger partial charge in [-0.15, -0.1) is 11.6 Å². The zero-order valence-corrected chi connectivity index (χ0v) is 11.5. The predicted molar refractivity (Wildman–Crippen MR) is 70.9 cm³/mol. The average molecular weight is 276 g/mol. The molecule has 1 rings (SSSR count). The van der Waals surface area contributed by atoms with E-state index in [0.29, 0.717) is 17.3 Å². The Labute approximate surface area is 108 Å². The molecule has 1 aromatic carbocycles. The summed E-state index contributed by atoms with van der Waals surface area (Å²) in [6, 6.07) is 6.89. The van der Waals surface area contributed by atoms with Crippen LogP contribution in [-0.4, -0.2) is 20.8 Å².